The number of fused-ring (bicyclic) bond motifs is 5. The van der Waals surface area contributed by atoms with Crippen LogP contribution in [0.2, 0.25) is 0 Å². The Kier molecular flexibility index (Phi) is 8.65. The standard InChI is InChI=1S/C30H35N5O6/c1-4-39-24-11-21-12-25(14-24)41-23-7-5-6-20(10-23)18-40-27-8-9-35(15-22-13-28(36)32-19(2)31-22)16-26(27)33-29(37)17-34(3)30(21)38/h5-7,10-14,26-27H,4,8-9,15-18H2,1-3H3,(H,33,37)(H,31,32,36)/t26-,27+/m1/s1. The number of hydrogen-bond donors (Lipinski definition) is 2. The molecule has 0 spiro atoms. The third-order valence-corrected chi connectivity index (χ3v) is 7.04. The number of benzene rings is 2. The van der Waals surface area contributed by atoms with Gasteiger partial charge in [0.15, 0.2) is 0 Å². The molecule has 2 N–H and O–H groups in total. The lowest BCUT2D eigenvalue weighted by molar-refractivity contribution is -0.125. The number of carbonyl (C=O) groups excluding carboxylic acids is 2. The van der Waals surface area contributed by atoms with Crippen molar-refractivity contribution in [1.82, 2.24) is 25.1 Å². The Morgan fingerprint density at radius 1 is 1.10 bits per heavy atom. The first-order chi connectivity index (χ1) is 19.7. The number of rotatable bonds is 4. The van der Waals surface area contributed by atoms with Gasteiger partial charge in [-0.05, 0) is 50.1 Å². The maximum absolute atomic E-state index is 13.3. The van der Waals surface area contributed by atoms with Crippen molar-refractivity contribution in [3.05, 3.63) is 81.5 Å². The smallest absolute Gasteiger partial charge is 0.254 e. The van der Waals surface area contributed by atoms with Crippen molar-refractivity contribution in [1.29, 1.82) is 0 Å². The normalized spacial score (nSPS) is 20.1. The highest BCUT2D eigenvalue weighted by Gasteiger charge is 2.32. The molecule has 2 aromatic carbocycles. The Bertz CT molecular complexity index is 1470. The van der Waals surface area contributed by atoms with Crippen LogP contribution in [0, 0.1) is 6.92 Å². The minimum atomic E-state index is -0.332. The Morgan fingerprint density at radius 3 is 2.76 bits per heavy atom. The first-order valence-corrected chi connectivity index (χ1v) is 13.8. The van der Waals surface area contributed by atoms with E-state index < -0.39 is 0 Å². The fraction of sp³-hybridized carbons (Fsp3) is 0.400. The van der Waals surface area contributed by atoms with E-state index in [0.29, 0.717) is 73.6 Å². The molecule has 2 atom stereocenters. The number of likely N-dealkylation sites (N-methyl/N-ethyl adjacent to an activating group) is 1. The highest BCUT2D eigenvalue weighted by atomic mass is 16.5. The number of aryl methyl sites for hydroxylation is 1. The van der Waals surface area contributed by atoms with Crippen molar-refractivity contribution in [2.75, 3.05) is 33.3 Å². The minimum absolute atomic E-state index is 0.134. The van der Waals surface area contributed by atoms with Crippen LogP contribution in [0.1, 0.15) is 40.8 Å². The van der Waals surface area contributed by atoms with E-state index in [2.05, 4.69) is 20.2 Å². The van der Waals surface area contributed by atoms with Gasteiger partial charge < -0.3 is 29.4 Å². The summed E-state index contributed by atoms with van der Waals surface area (Å²) in [6.07, 6.45) is 0.423. The number of amides is 2. The predicted octanol–water partition coefficient (Wildman–Crippen LogP) is 2.63. The maximum Gasteiger partial charge on any atom is 0.254 e. The Hall–Kier alpha value is -4.22. The molecule has 0 aliphatic carbocycles. The number of nitrogens with one attached hydrogen (secondary N) is 2. The Morgan fingerprint density at radius 2 is 1.95 bits per heavy atom. The third kappa shape index (κ3) is 7.30. The Balaban J connectivity index is 1.40. The van der Waals surface area contributed by atoms with E-state index in [1.807, 2.05) is 31.2 Å². The third-order valence-electron chi connectivity index (χ3n) is 7.04. The van der Waals surface area contributed by atoms with Gasteiger partial charge in [-0.15, -0.1) is 0 Å². The van der Waals surface area contributed by atoms with Crippen LogP contribution in [0.15, 0.2) is 53.3 Å². The summed E-state index contributed by atoms with van der Waals surface area (Å²) in [6.45, 7) is 5.94. The lowest BCUT2D eigenvalue weighted by Gasteiger charge is -2.39. The quantitative estimate of drug-likeness (QED) is 0.498. The molecule has 2 aliphatic rings. The zero-order valence-corrected chi connectivity index (χ0v) is 23.5. The number of carbonyl (C=O) groups is 2. The molecule has 3 heterocycles. The van der Waals surface area contributed by atoms with Gasteiger partial charge in [0.05, 0.1) is 37.6 Å². The number of ether oxygens (including phenoxy) is 3. The summed E-state index contributed by atoms with van der Waals surface area (Å²) in [4.78, 5) is 49.1. The molecule has 3 aromatic rings. The van der Waals surface area contributed by atoms with E-state index >= 15 is 0 Å². The van der Waals surface area contributed by atoms with Crippen LogP contribution in [-0.2, 0) is 22.7 Å². The van der Waals surface area contributed by atoms with Crippen LogP contribution in [0.5, 0.6) is 17.2 Å². The van der Waals surface area contributed by atoms with Gasteiger partial charge in [0.25, 0.3) is 11.5 Å². The minimum Gasteiger partial charge on any atom is -0.494 e. The van der Waals surface area contributed by atoms with E-state index in [1.165, 1.54) is 11.0 Å². The van der Waals surface area contributed by atoms with Crippen LogP contribution in [-0.4, -0.2) is 77.0 Å². The van der Waals surface area contributed by atoms with Crippen molar-refractivity contribution in [3.63, 3.8) is 0 Å². The van der Waals surface area contributed by atoms with Crippen molar-refractivity contribution < 1.29 is 23.8 Å². The zero-order valence-electron chi connectivity index (χ0n) is 23.5. The van der Waals surface area contributed by atoms with Gasteiger partial charge in [-0.25, -0.2) is 4.98 Å². The molecule has 1 saturated heterocycles. The molecule has 2 aliphatic heterocycles. The highest BCUT2D eigenvalue weighted by Crippen LogP contribution is 2.29. The van der Waals surface area contributed by atoms with E-state index in [1.54, 1.807) is 32.2 Å². The van der Waals surface area contributed by atoms with Crippen LogP contribution >= 0.6 is 0 Å². The first kappa shape index (κ1) is 28.3. The summed E-state index contributed by atoms with van der Waals surface area (Å²) in [5, 5.41) is 3.10. The lowest BCUT2D eigenvalue weighted by atomic mass is 10.0. The fourth-order valence-electron chi connectivity index (χ4n) is 5.23. The molecule has 0 saturated carbocycles. The molecule has 11 nitrogen and oxygen atoms in total. The number of aromatic amines is 1. The maximum atomic E-state index is 13.3. The van der Waals surface area contributed by atoms with Gasteiger partial charge >= 0.3 is 0 Å². The van der Waals surface area contributed by atoms with Crippen molar-refractivity contribution in [2.45, 2.75) is 45.6 Å². The second-order valence-electron chi connectivity index (χ2n) is 10.4. The molecule has 0 radical (unpaired) electrons. The molecule has 5 rings (SSSR count). The molecular formula is C30H35N5O6. The van der Waals surface area contributed by atoms with E-state index in [4.69, 9.17) is 14.2 Å². The van der Waals surface area contributed by atoms with Crippen molar-refractivity contribution in [3.8, 4) is 17.2 Å². The number of aromatic nitrogens is 2. The highest BCUT2D eigenvalue weighted by molar-refractivity contribution is 5.97. The van der Waals surface area contributed by atoms with E-state index in [-0.39, 0.29) is 36.1 Å². The van der Waals surface area contributed by atoms with E-state index in [9.17, 15) is 14.4 Å². The molecule has 11 heteroatoms. The average molecular weight is 562 g/mol. The molecule has 4 bridgehead atoms. The topological polar surface area (TPSA) is 126 Å². The number of nitrogens with zero attached hydrogens (tertiary/aromatic N) is 3. The molecular weight excluding hydrogens is 526 g/mol. The monoisotopic (exact) mass is 561 g/mol. The van der Waals surface area contributed by atoms with Gasteiger partial charge in [-0.2, -0.15) is 0 Å². The Labute approximate surface area is 238 Å². The summed E-state index contributed by atoms with van der Waals surface area (Å²) in [7, 11) is 1.59. The number of hydrogen-bond acceptors (Lipinski definition) is 8. The molecule has 2 amide bonds. The van der Waals surface area contributed by atoms with Crippen molar-refractivity contribution >= 4 is 11.8 Å². The van der Waals surface area contributed by atoms with Crippen molar-refractivity contribution in [2.24, 2.45) is 0 Å². The molecule has 216 valence electrons. The zero-order chi connectivity index (χ0) is 28.9. The number of H-pyrrole nitrogens is 1. The average Bonchev–Trinajstić information content (AvgIpc) is 2.91. The predicted molar refractivity (Wildman–Crippen MR) is 151 cm³/mol. The number of likely N-dealkylation sites (tertiary alicyclic amines) is 1. The SMILES string of the molecule is CCOc1cc2cc(c1)C(=O)N(C)CC(=O)N[C@@H]1CN(Cc3cc(=O)[nH]c(C)n3)CC[C@@H]1OCc1cccc(c1)O2. The molecule has 1 aromatic heterocycles. The molecule has 41 heavy (non-hydrogen) atoms. The van der Waals surface area contributed by atoms with Gasteiger partial charge in [0, 0.05) is 44.4 Å². The van der Waals surface area contributed by atoms with Gasteiger partial charge in [-0.1, -0.05) is 12.1 Å². The summed E-state index contributed by atoms with van der Waals surface area (Å²) in [6, 6.07) is 13.8. The van der Waals surface area contributed by atoms with E-state index in [0.717, 1.165) is 5.56 Å². The van der Waals surface area contributed by atoms with Gasteiger partial charge in [0.2, 0.25) is 5.91 Å². The van der Waals surface area contributed by atoms with Crippen LogP contribution in [0.4, 0.5) is 0 Å². The first-order valence-electron chi connectivity index (χ1n) is 13.8. The number of piperidine rings is 1. The van der Waals surface area contributed by atoms with Crippen LogP contribution < -0.4 is 20.3 Å². The summed E-state index contributed by atoms with van der Waals surface area (Å²) in [5.74, 6) is 1.50. The second-order valence-corrected chi connectivity index (χ2v) is 10.4. The van der Waals surface area contributed by atoms with Crippen LogP contribution in [0.3, 0.4) is 0 Å². The van der Waals surface area contributed by atoms with Gasteiger partial charge in [0.1, 0.15) is 23.1 Å². The summed E-state index contributed by atoms with van der Waals surface area (Å²) >= 11 is 0. The molecule has 1 fully saturated rings. The van der Waals surface area contributed by atoms with Gasteiger partial charge in [-0.3, -0.25) is 19.3 Å². The fourth-order valence-corrected chi connectivity index (χ4v) is 5.23. The summed E-state index contributed by atoms with van der Waals surface area (Å²) in [5.41, 5.74) is 1.75. The second kappa shape index (κ2) is 12.5. The largest absolute Gasteiger partial charge is 0.494 e. The van der Waals surface area contributed by atoms with Crippen LogP contribution in [0.25, 0.3) is 0 Å². The molecule has 0 unspecified atom stereocenters. The summed E-state index contributed by atoms with van der Waals surface area (Å²) < 4.78 is 18.1. The lowest BCUT2D eigenvalue weighted by Crippen LogP contribution is -2.57.